The lowest BCUT2D eigenvalue weighted by atomic mass is 10.4. The highest BCUT2D eigenvalue weighted by Gasteiger charge is 2.23. The van der Waals surface area contributed by atoms with Crippen LogP contribution in [0.2, 0.25) is 0 Å². The maximum Gasteiger partial charge on any atom is 0.302 e. The number of carbonyl (C=O) groups is 2. The van der Waals surface area contributed by atoms with Crippen LogP contribution in [0.25, 0.3) is 0 Å². The van der Waals surface area contributed by atoms with E-state index in [9.17, 15) is 9.59 Å². The third-order valence-corrected chi connectivity index (χ3v) is 2.76. The van der Waals surface area contributed by atoms with E-state index in [0.717, 1.165) is 6.61 Å². The largest absolute Gasteiger partial charge is 0.466 e. The number of esters is 2. The Morgan fingerprint density at radius 2 is 1.32 bits per heavy atom. The van der Waals surface area contributed by atoms with Crippen LogP contribution in [0.3, 0.4) is 0 Å². The zero-order valence-electron chi connectivity index (χ0n) is 13.2. The van der Waals surface area contributed by atoms with Gasteiger partial charge in [-0.05, 0) is 18.8 Å². The van der Waals surface area contributed by atoms with Crippen LogP contribution in [-0.4, -0.2) is 37.9 Å². The second-order valence-electron chi connectivity index (χ2n) is 5.16. The minimum atomic E-state index is -0.236. The second-order valence-corrected chi connectivity index (χ2v) is 5.16. The summed E-state index contributed by atoms with van der Waals surface area (Å²) in [5, 5.41) is 0. The Hall–Kier alpha value is -1.88. The maximum absolute atomic E-state index is 10.2. The van der Waals surface area contributed by atoms with Crippen molar-refractivity contribution in [1.29, 1.82) is 0 Å². The fourth-order valence-corrected chi connectivity index (χ4v) is 1.28. The molecule has 0 amide bonds. The molecule has 0 N–H and O–H groups in total. The topological polar surface area (TPSA) is 65.1 Å². The van der Waals surface area contributed by atoms with E-state index in [2.05, 4.69) is 4.74 Å². The van der Waals surface area contributed by atoms with Gasteiger partial charge >= 0.3 is 11.9 Å². The van der Waals surface area contributed by atoms with Crippen LogP contribution in [0.15, 0.2) is 36.4 Å². The lowest BCUT2D eigenvalue weighted by Gasteiger charge is -1.95. The molecule has 0 radical (unpaired) electrons. The number of epoxide rings is 1. The Morgan fingerprint density at radius 1 is 0.909 bits per heavy atom. The van der Waals surface area contributed by atoms with Crippen molar-refractivity contribution in [2.24, 2.45) is 5.92 Å². The van der Waals surface area contributed by atoms with Crippen molar-refractivity contribution in [3.05, 3.63) is 36.4 Å². The first kappa shape index (κ1) is 18.2. The van der Waals surface area contributed by atoms with Gasteiger partial charge < -0.3 is 14.2 Å². The fourth-order valence-electron chi connectivity index (χ4n) is 1.28. The van der Waals surface area contributed by atoms with Gasteiger partial charge in [0.25, 0.3) is 0 Å². The van der Waals surface area contributed by atoms with E-state index in [1.165, 1.54) is 26.7 Å². The van der Waals surface area contributed by atoms with Crippen LogP contribution in [-0.2, 0) is 23.8 Å². The summed E-state index contributed by atoms with van der Waals surface area (Å²) in [5.74, 6) is 0.302. The van der Waals surface area contributed by atoms with Gasteiger partial charge in [-0.2, -0.15) is 0 Å². The van der Waals surface area contributed by atoms with Gasteiger partial charge in [0.05, 0.1) is 13.2 Å². The van der Waals surface area contributed by atoms with E-state index in [1.807, 2.05) is 36.4 Å². The molecule has 1 aliphatic heterocycles. The standard InChI is InChI=1S/C6H10O2.C6H6.C5H8O3/c1-5(7)8-4-6-2-3-6;1-2-4-6-5-3-1;1-4(6)7-2-5-3-8-5/h6H,2-4H2,1H3;1-6H;5H,2-3H2,1H3. The summed E-state index contributed by atoms with van der Waals surface area (Å²) in [6.07, 6.45) is 2.68. The lowest BCUT2D eigenvalue weighted by molar-refractivity contribution is -0.142. The van der Waals surface area contributed by atoms with Crippen LogP contribution in [0.4, 0.5) is 0 Å². The highest BCUT2D eigenvalue weighted by Crippen LogP contribution is 2.28. The summed E-state index contributed by atoms with van der Waals surface area (Å²) < 4.78 is 14.1. The molecule has 1 saturated heterocycles. The normalized spacial score (nSPS) is 17.8. The van der Waals surface area contributed by atoms with Crippen LogP contribution in [0.5, 0.6) is 0 Å². The lowest BCUT2D eigenvalue weighted by Crippen LogP contribution is -2.05. The van der Waals surface area contributed by atoms with Crippen molar-refractivity contribution in [2.45, 2.75) is 32.8 Å². The van der Waals surface area contributed by atoms with E-state index in [4.69, 9.17) is 9.47 Å². The Morgan fingerprint density at radius 3 is 1.64 bits per heavy atom. The van der Waals surface area contributed by atoms with Crippen LogP contribution >= 0.6 is 0 Å². The molecule has 1 atom stereocenters. The molecule has 1 aromatic carbocycles. The maximum atomic E-state index is 10.2. The summed E-state index contributed by atoms with van der Waals surface area (Å²) in [6, 6.07) is 12.0. The van der Waals surface area contributed by atoms with Crippen molar-refractivity contribution in [3.8, 4) is 0 Å². The average molecular weight is 308 g/mol. The van der Waals surface area contributed by atoms with Crippen LogP contribution < -0.4 is 0 Å². The zero-order chi connectivity index (χ0) is 16.2. The summed E-state index contributed by atoms with van der Waals surface area (Å²) in [6.45, 7) is 4.66. The number of ether oxygens (including phenoxy) is 3. The molecule has 0 bridgehead atoms. The average Bonchev–Trinajstić information content (AvgIpc) is 3.41. The predicted molar refractivity (Wildman–Crippen MR) is 82.2 cm³/mol. The smallest absolute Gasteiger partial charge is 0.302 e. The van der Waals surface area contributed by atoms with E-state index < -0.39 is 0 Å². The molecular formula is C17H24O5. The van der Waals surface area contributed by atoms with Gasteiger partial charge in [0.1, 0.15) is 12.7 Å². The van der Waals surface area contributed by atoms with Crippen LogP contribution in [0.1, 0.15) is 26.7 Å². The van der Waals surface area contributed by atoms with Crippen molar-refractivity contribution in [3.63, 3.8) is 0 Å². The number of hydrogen-bond acceptors (Lipinski definition) is 5. The third kappa shape index (κ3) is 13.1. The van der Waals surface area contributed by atoms with Gasteiger partial charge in [-0.3, -0.25) is 9.59 Å². The Labute approximate surface area is 131 Å². The molecule has 3 rings (SSSR count). The number of carbonyl (C=O) groups excluding carboxylic acids is 2. The molecule has 1 aromatic rings. The van der Waals surface area contributed by atoms with Crippen molar-refractivity contribution >= 4 is 11.9 Å². The zero-order valence-corrected chi connectivity index (χ0v) is 13.2. The monoisotopic (exact) mass is 308 g/mol. The van der Waals surface area contributed by atoms with E-state index in [-0.39, 0.29) is 18.0 Å². The van der Waals surface area contributed by atoms with Gasteiger partial charge in [-0.25, -0.2) is 0 Å². The molecule has 122 valence electrons. The van der Waals surface area contributed by atoms with Gasteiger partial charge in [0.15, 0.2) is 0 Å². The Bertz CT molecular complexity index is 371. The Kier molecular flexibility index (Phi) is 8.91. The molecule has 1 aliphatic carbocycles. The Balaban J connectivity index is 0.000000167. The highest BCUT2D eigenvalue weighted by atomic mass is 16.6. The minimum absolute atomic E-state index is 0.156. The number of benzene rings is 1. The summed E-state index contributed by atoms with van der Waals surface area (Å²) >= 11 is 0. The van der Waals surface area contributed by atoms with E-state index in [0.29, 0.717) is 19.1 Å². The fraction of sp³-hybridized carbons (Fsp3) is 0.529. The summed E-state index contributed by atoms with van der Waals surface area (Å²) in [5.41, 5.74) is 0. The van der Waals surface area contributed by atoms with E-state index >= 15 is 0 Å². The molecule has 0 aromatic heterocycles. The SMILES string of the molecule is CC(=O)OCC1CC1.CC(=O)OCC1CO1.c1ccccc1. The molecule has 2 aliphatic rings. The molecule has 5 nitrogen and oxygen atoms in total. The van der Waals surface area contributed by atoms with Crippen molar-refractivity contribution in [2.75, 3.05) is 19.8 Å². The number of hydrogen-bond donors (Lipinski definition) is 0. The second kappa shape index (κ2) is 10.8. The molecule has 1 unspecified atom stereocenters. The van der Waals surface area contributed by atoms with Crippen molar-refractivity contribution < 1.29 is 23.8 Å². The predicted octanol–water partition coefficient (Wildman–Crippen LogP) is 2.59. The van der Waals surface area contributed by atoms with Gasteiger partial charge in [0, 0.05) is 13.8 Å². The number of rotatable bonds is 4. The van der Waals surface area contributed by atoms with Crippen LogP contribution in [0, 0.1) is 5.92 Å². The summed E-state index contributed by atoms with van der Waals surface area (Å²) in [4.78, 5) is 20.3. The first-order valence-electron chi connectivity index (χ1n) is 7.46. The molecule has 2 fully saturated rings. The molecule has 5 heteroatoms. The molecule has 1 heterocycles. The minimum Gasteiger partial charge on any atom is -0.466 e. The van der Waals surface area contributed by atoms with Gasteiger partial charge in [-0.1, -0.05) is 36.4 Å². The van der Waals surface area contributed by atoms with Crippen molar-refractivity contribution in [1.82, 2.24) is 0 Å². The first-order valence-corrected chi connectivity index (χ1v) is 7.46. The molecule has 22 heavy (non-hydrogen) atoms. The third-order valence-electron chi connectivity index (χ3n) is 2.76. The first-order chi connectivity index (χ1) is 10.6. The quantitative estimate of drug-likeness (QED) is 0.632. The van der Waals surface area contributed by atoms with Gasteiger partial charge in [-0.15, -0.1) is 0 Å². The summed E-state index contributed by atoms with van der Waals surface area (Å²) in [7, 11) is 0. The van der Waals surface area contributed by atoms with E-state index in [1.54, 1.807) is 0 Å². The molecule has 0 spiro atoms. The molecule has 1 saturated carbocycles. The van der Waals surface area contributed by atoms with Gasteiger partial charge in [0.2, 0.25) is 0 Å². The highest BCUT2D eigenvalue weighted by molar-refractivity contribution is 5.66. The molecular weight excluding hydrogens is 284 g/mol.